The Balaban J connectivity index is 1.69. The molecule has 0 saturated carbocycles. The Kier molecular flexibility index (Phi) is 8.05. The fraction of sp³-hybridized carbons (Fsp3) is 0.536. The van der Waals surface area contributed by atoms with E-state index in [1.165, 1.54) is 37.9 Å². The summed E-state index contributed by atoms with van der Waals surface area (Å²) in [5.41, 5.74) is -3.88. The second kappa shape index (κ2) is 10.6. The van der Waals surface area contributed by atoms with E-state index in [0.29, 0.717) is 37.2 Å². The number of carbonyl (C=O) groups is 1. The minimum Gasteiger partial charge on any atom is -0.341 e. The van der Waals surface area contributed by atoms with Gasteiger partial charge in [-0.05, 0) is 74.2 Å². The molecule has 0 radical (unpaired) electrons. The van der Waals surface area contributed by atoms with Crippen molar-refractivity contribution in [2.45, 2.75) is 63.0 Å². The first-order valence-electron chi connectivity index (χ1n) is 13.0. The number of piperidine rings is 1. The van der Waals surface area contributed by atoms with Crippen molar-refractivity contribution in [1.29, 1.82) is 0 Å². The van der Waals surface area contributed by atoms with Crippen LogP contribution in [0.3, 0.4) is 0 Å². The summed E-state index contributed by atoms with van der Waals surface area (Å²) in [6.45, 7) is 5.05. The number of sulfone groups is 1. The quantitative estimate of drug-likeness (QED) is 0.417. The van der Waals surface area contributed by atoms with Crippen molar-refractivity contribution in [3.05, 3.63) is 70.0 Å². The predicted octanol–water partition coefficient (Wildman–Crippen LogP) is 5.56. The molecule has 2 aliphatic heterocycles. The monoisotopic (exact) mass is 608 g/mol. The maximum absolute atomic E-state index is 13.9. The molecule has 2 aliphatic rings. The van der Waals surface area contributed by atoms with Crippen LogP contribution < -0.4 is 0 Å². The zero-order valence-electron chi connectivity index (χ0n) is 22.9. The van der Waals surface area contributed by atoms with Crippen LogP contribution in [0.25, 0.3) is 0 Å². The van der Waals surface area contributed by atoms with Gasteiger partial charge in [-0.1, -0.05) is 6.07 Å². The van der Waals surface area contributed by atoms with Gasteiger partial charge in [-0.25, -0.2) is 12.8 Å². The van der Waals surface area contributed by atoms with Crippen LogP contribution in [0.2, 0.25) is 0 Å². The number of benzene rings is 2. The van der Waals surface area contributed by atoms with E-state index in [-0.39, 0.29) is 23.6 Å². The number of halogens is 7. The highest BCUT2D eigenvalue weighted by atomic mass is 32.2. The molecule has 4 rings (SSSR count). The van der Waals surface area contributed by atoms with Crippen molar-refractivity contribution >= 4 is 15.7 Å². The van der Waals surface area contributed by atoms with Crippen molar-refractivity contribution in [2.24, 2.45) is 0 Å². The summed E-state index contributed by atoms with van der Waals surface area (Å²) in [5, 5.41) is 0. The first kappa shape index (κ1) is 31.3. The van der Waals surface area contributed by atoms with Gasteiger partial charge >= 0.3 is 12.4 Å². The highest BCUT2D eigenvalue weighted by Gasteiger charge is 2.46. The normalized spacial score (nSPS) is 22.3. The number of nitrogens with zero attached hydrogens (tertiary/aromatic N) is 2. The van der Waals surface area contributed by atoms with Gasteiger partial charge in [-0.3, -0.25) is 9.69 Å². The van der Waals surface area contributed by atoms with Crippen molar-refractivity contribution in [2.75, 3.05) is 31.6 Å². The SMILES string of the molecule is Cc1cc(F)ccc1[C@H]1CN(C2CS(=O)(=O)C2)CC[C@@H]1N(C)C(=O)C(C)(C)c1cc(C(F)(F)F)cc(C(F)(F)F)c1. The lowest BCUT2D eigenvalue weighted by molar-refractivity contribution is -0.144. The highest BCUT2D eigenvalue weighted by Crippen LogP contribution is 2.41. The van der Waals surface area contributed by atoms with Gasteiger partial charge in [0.2, 0.25) is 5.91 Å². The third-order valence-corrected chi connectivity index (χ3v) is 10.1. The van der Waals surface area contributed by atoms with Gasteiger partial charge in [-0.15, -0.1) is 0 Å². The van der Waals surface area contributed by atoms with Crippen LogP contribution in [-0.2, 0) is 32.4 Å². The summed E-state index contributed by atoms with van der Waals surface area (Å²) in [6, 6.07) is 4.64. The first-order valence-corrected chi connectivity index (χ1v) is 14.8. The van der Waals surface area contributed by atoms with E-state index in [2.05, 4.69) is 0 Å². The Hall–Kier alpha value is -2.67. The van der Waals surface area contributed by atoms with Gasteiger partial charge in [-0.2, -0.15) is 26.3 Å². The van der Waals surface area contributed by atoms with Gasteiger partial charge in [0.15, 0.2) is 9.84 Å². The van der Waals surface area contributed by atoms with E-state index in [9.17, 15) is 43.9 Å². The summed E-state index contributed by atoms with van der Waals surface area (Å²) in [5.74, 6) is -1.54. The Morgan fingerprint density at radius 1 is 0.927 bits per heavy atom. The molecule has 0 spiro atoms. The minimum absolute atomic E-state index is 0.00563. The number of likely N-dealkylation sites (N-methyl/N-ethyl adjacent to an activating group) is 1. The van der Waals surface area contributed by atoms with E-state index >= 15 is 0 Å². The minimum atomic E-state index is -5.06. The Morgan fingerprint density at radius 2 is 1.46 bits per heavy atom. The molecule has 2 fully saturated rings. The molecule has 226 valence electrons. The summed E-state index contributed by atoms with van der Waals surface area (Å²) in [4.78, 5) is 17.2. The molecule has 1 amide bonds. The number of carbonyl (C=O) groups excluding carboxylic acids is 1. The van der Waals surface area contributed by atoms with Crippen LogP contribution in [0.4, 0.5) is 30.7 Å². The lowest BCUT2D eigenvalue weighted by Crippen LogP contribution is -2.60. The maximum atomic E-state index is 13.9. The molecule has 2 atom stereocenters. The van der Waals surface area contributed by atoms with E-state index in [1.54, 1.807) is 13.0 Å². The Morgan fingerprint density at radius 3 is 1.95 bits per heavy atom. The third-order valence-electron chi connectivity index (χ3n) is 8.31. The van der Waals surface area contributed by atoms with Crippen molar-refractivity contribution < 1.29 is 43.9 Å². The molecule has 0 N–H and O–H groups in total. The van der Waals surface area contributed by atoms with Gasteiger partial charge in [0.1, 0.15) is 5.82 Å². The summed E-state index contributed by atoms with van der Waals surface area (Å²) in [6.07, 6.45) is -9.76. The van der Waals surface area contributed by atoms with Crippen LogP contribution >= 0.6 is 0 Å². The Bertz CT molecular complexity index is 1390. The van der Waals surface area contributed by atoms with Gasteiger partial charge < -0.3 is 4.90 Å². The molecule has 0 unspecified atom stereocenters. The zero-order valence-corrected chi connectivity index (χ0v) is 23.7. The van der Waals surface area contributed by atoms with Gasteiger partial charge in [0, 0.05) is 38.1 Å². The van der Waals surface area contributed by atoms with Crippen molar-refractivity contribution in [3.63, 3.8) is 0 Å². The molecule has 2 aromatic carbocycles. The van der Waals surface area contributed by atoms with Gasteiger partial charge in [0.05, 0.1) is 28.0 Å². The topological polar surface area (TPSA) is 57.7 Å². The van der Waals surface area contributed by atoms with Crippen LogP contribution in [0.1, 0.15) is 54.0 Å². The second-order valence-corrected chi connectivity index (χ2v) is 13.7. The number of alkyl halides is 6. The summed E-state index contributed by atoms with van der Waals surface area (Å²) in [7, 11) is -1.65. The van der Waals surface area contributed by atoms with E-state index < -0.39 is 68.0 Å². The highest BCUT2D eigenvalue weighted by molar-refractivity contribution is 7.92. The molecule has 0 bridgehead atoms. The average molecular weight is 609 g/mol. The largest absolute Gasteiger partial charge is 0.416 e. The van der Waals surface area contributed by atoms with Crippen LogP contribution in [0.15, 0.2) is 36.4 Å². The molecule has 0 aromatic heterocycles. The van der Waals surface area contributed by atoms with Crippen LogP contribution in [-0.4, -0.2) is 67.9 Å². The summed E-state index contributed by atoms with van der Waals surface area (Å²) >= 11 is 0. The van der Waals surface area contributed by atoms with Gasteiger partial charge in [0.25, 0.3) is 0 Å². The molecule has 0 aliphatic carbocycles. The average Bonchev–Trinajstić information content (AvgIpc) is 2.84. The molecular weight excluding hydrogens is 577 g/mol. The molecule has 41 heavy (non-hydrogen) atoms. The number of amides is 1. The van der Waals surface area contributed by atoms with Crippen LogP contribution in [0, 0.1) is 12.7 Å². The van der Waals surface area contributed by atoms with E-state index in [1.807, 2.05) is 4.90 Å². The lowest BCUT2D eigenvalue weighted by atomic mass is 9.78. The van der Waals surface area contributed by atoms with E-state index in [4.69, 9.17) is 0 Å². The lowest BCUT2D eigenvalue weighted by Gasteiger charge is -2.48. The predicted molar refractivity (Wildman–Crippen MR) is 139 cm³/mol. The standard InChI is InChI=1S/C28H31F7N2O3S/c1-16-9-20(29)5-6-22(16)23-13-37(21-14-41(39,40)15-21)8-7-24(23)36(4)25(38)26(2,3)17-10-18(27(30,31)32)12-19(11-17)28(33,34)35/h5-6,9-12,21,23-24H,7-8,13-15H2,1-4H3/t23-,24+/m1/s1. The number of hydrogen-bond acceptors (Lipinski definition) is 4. The third kappa shape index (κ3) is 6.40. The molecule has 13 heteroatoms. The number of aryl methyl sites for hydroxylation is 1. The Labute approximate surface area is 234 Å². The number of rotatable bonds is 5. The molecule has 5 nitrogen and oxygen atoms in total. The van der Waals surface area contributed by atoms with Crippen LogP contribution in [0.5, 0.6) is 0 Å². The number of likely N-dealkylation sites (tertiary alicyclic amines) is 1. The molecule has 2 saturated heterocycles. The number of hydrogen-bond donors (Lipinski definition) is 0. The maximum Gasteiger partial charge on any atom is 0.416 e. The van der Waals surface area contributed by atoms with E-state index in [0.717, 1.165) is 5.56 Å². The molecule has 2 aromatic rings. The zero-order chi connectivity index (χ0) is 30.7. The fourth-order valence-corrected chi connectivity index (χ4v) is 7.40. The summed E-state index contributed by atoms with van der Waals surface area (Å²) < 4.78 is 119. The second-order valence-electron chi connectivity index (χ2n) is 11.5. The molecular formula is C28H31F7N2O3S. The van der Waals surface area contributed by atoms with Crippen molar-refractivity contribution in [3.8, 4) is 0 Å². The van der Waals surface area contributed by atoms with Crippen molar-refractivity contribution in [1.82, 2.24) is 9.80 Å². The smallest absolute Gasteiger partial charge is 0.341 e. The fourth-order valence-electron chi connectivity index (χ4n) is 5.90. The first-order chi connectivity index (χ1) is 18.7. The molecule has 2 heterocycles.